The zero-order chi connectivity index (χ0) is 15.3. The Balaban J connectivity index is 2.60. The van der Waals surface area contributed by atoms with Crippen molar-refractivity contribution in [3.63, 3.8) is 0 Å². The summed E-state index contributed by atoms with van der Waals surface area (Å²) in [6, 6.07) is 2.90. The van der Waals surface area contributed by atoms with Crippen LogP contribution in [0.2, 0.25) is 0 Å². The summed E-state index contributed by atoms with van der Waals surface area (Å²) in [4.78, 5) is 24.2. The minimum Gasteiger partial charge on any atom is -0.478 e. The maximum atomic E-state index is 13.6. The molecule has 0 spiro atoms. The normalized spacial score (nSPS) is 12.1. The smallest absolute Gasteiger partial charge is 0.335 e. The Bertz CT molecular complexity index is 506. The lowest BCUT2D eigenvalue weighted by Crippen LogP contribution is -2.40. The molecule has 1 aromatic carbocycles. The molecule has 0 saturated heterocycles. The van der Waals surface area contributed by atoms with Gasteiger partial charge in [-0.25, -0.2) is 14.0 Å². The number of urea groups is 1. The number of nitrogens with one attached hydrogen (secondary N) is 2. The van der Waals surface area contributed by atoms with E-state index < -0.39 is 17.8 Å². The van der Waals surface area contributed by atoms with Gasteiger partial charge in [0, 0.05) is 12.6 Å². The number of amides is 2. The molecule has 0 fully saturated rings. The summed E-state index contributed by atoms with van der Waals surface area (Å²) in [6.45, 7) is 2.34. The molecule has 7 heteroatoms. The number of hydrogen-bond donors (Lipinski definition) is 3. The zero-order valence-corrected chi connectivity index (χ0v) is 11.6. The van der Waals surface area contributed by atoms with E-state index in [1.54, 1.807) is 0 Å². The second-order valence-electron chi connectivity index (χ2n) is 4.65. The summed E-state index contributed by atoms with van der Waals surface area (Å²) in [5.74, 6) is -2.01. The standard InChI is InChI=1S/C13H18FN3O3/c1-8(17(2)3)7-15-13(20)16-11-5-4-9(12(18)19)6-10(11)14/h4-6,8H,7H2,1-3H3,(H,18,19)(H2,15,16,20). The van der Waals surface area contributed by atoms with Crippen LogP contribution in [-0.4, -0.2) is 48.7 Å². The largest absolute Gasteiger partial charge is 0.478 e. The fourth-order valence-electron chi connectivity index (χ4n) is 1.34. The van der Waals surface area contributed by atoms with Gasteiger partial charge in [-0.05, 0) is 39.2 Å². The molecule has 0 aliphatic heterocycles. The van der Waals surface area contributed by atoms with Crippen LogP contribution < -0.4 is 10.6 Å². The molecule has 0 aromatic heterocycles. The highest BCUT2D eigenvalue weighted by Crippen LogP contribution is 2.15. The number of anilines is 1. The lowest BCUT2D eigenvalue weighted by atomic mass is 10.2. The van der Waals surface area contributed by atoms with Gasteiger partial charge < -0.3 is 20.6 Å². The van der Waals surface area contributed by atoms with Crippen LogP contribution in [0, 0.1) is 5.82 Å². The number of hydrogen-bond acceptors (Lipinski definition) is 3. The van der Waals surface area contributed by atoms with Crippen LogP contribution in [0.5, 0.6) is 0 Å². The van der Waals surface area contributed by atoms with Gasteiger partial charge in [-0.15, -0.1) is 0 Å². The van der Waals surface area contributed by atoms with Gasteiger partial charge in [0.2, 0.25) is 0 Å². The second kappa shape index (κ2) is 6.85. The number of carboxylic acid groups (broad SMARTS) is 1. The molecule has 2 amide bonds. The van der Waals surface area contributed by atoms with Gasteiger partial charge in [-0.3, -0.25) is 0 Å². The molecule has 0 aliphatic rings. The molecule has 20 heavy (non-hydrogen) atoms. The quantitative estimate of drug-likeness (QED) is 0.766. The fourth-order valence-corrected chi connectivity index (χ4v) is 1.34. The number of carboxylic acids is 1. The first-order valence-corrected chi connectivity index (χ1v) is 6.05. The Kier molecular flexibility index (Phi) is 5.45. The highest BCUT2D eigenvalue weighted by Gasteiger charge is 2.11. The monoisotopic (exact) mass is 283 g/mol. The third-order valence-corrected chi connectivity index (χ3v) is 2.90. The van der Waals surface area contributed by atoms with Crippen LogP contribution >= 0.6 is 0 Å². The number of benzene rings is 1. The van der Waals surface area contributed by atoms with E-state index in [1.807, 2.05) is 25.9 Å². The molecule has 0 radical (unpaired) electrons. The van der Waals surface area contributed by atoms with Crippen molar-refractivity contribution in [2.75, 3.05) is 26.0 Å². The summed E-state index contributed by atoms with van der Waals surface area (Å²) in [5.41, 5.74) is -0.236. The van der Waals surface area contributed by atoms with Crippen LogP contribution in [0.3, 0.4) is 0 Å². The minimum absolute atomic E-state index is 0.0648. The first-order chi connectivity index (χ1) is 9.31. The Morgan fingerprint density at radius 3 is 2.55 bits per heavy atom. The Morgan fingerprint density at radius 1 is 1.40 bits per heavy atom. The van der Waals surface area contributed by atoms with Crippen molar-refractivity contribution in [3.8, 4) is 0 Å². The highest BCUT2D eigenvalue weighted by atomic mass is 19.1. The van der Waals surface area contributed by atoms with Gasteiger partial charge in [-0.2, -0.15) is 0 Å². The lowest BCUT2D eigenvalue weighted by Gasteiger charge is -2.20. The van der Waals surface area contributed by atoms with Crippen molar-refractivity contribution in [1.82, 2.24) is 10.2 Å². The maximum Gasteiger partial charge on any atom is 0.335 e. The van der Waals surface area contributed by atoms with E-state index in [-0.39, 0.29) is 17.3 Å². The fraction of sp³-hybridized carbons (Fsp3) is 0.385. The van der Waals surface area contributed by atoms with E-state index in [1.165, 1.54) is 12.1 Å². The molecule has 110 valence electrons. The van der Waals surface area contributed by atoms with E-state index >= 15 is 0 Å². The number of aromatic carboxylic acids is 1. The van der Waals surface area contributed by atoms with Crippen molar-refractivity contribution in [2.45, 2.75) is 13.0 Å². The SMILES string of the molecule is CC(CNC(=O)Nc1ccc(C(=O)O)cc1F)N(C)C. The number of halogens is 1. The van der Waals surface area contributed by atoms with Gasteiger partial charge >= 0.3 is 12.0 Å². The average molecular weight is 283 g/mol. The molecule has 1 aromatic rings. The summed E-state index contributed by atoms with van der Waals surface area (Å²) in [7, 11) is 3.77. The molecule has 1 unspecified atom stereocenters. The number of nitrogens with zero attached hydrogens (tertiary/aromatic N) is 1. The third kappa shape index (κ3) is 4.51. The molecule has 0 saturated carbocycles. The Morgan fingerprint density at radius 2 is 2.05 bits per heavy atom. The van der Waals surface area contributed by atoms with Crippen LogP contribution in [0.25, 0.3) is 0 Å². The van der Waals surface area contributed by atoms with Crippen molar-refractivity contribution in [3.05, 3.63) is 29.6 Å². The van der Waals surface area contributed by atoms with E-state index in [0.717, 1.165) is 6.07 Å². The Labute approximate surface area is 116 Å². The number of rotatable bonds is 5. The third-order valence-electron chi connectivity index (χ3n) is 2.90. The summed E-state index contributed by atoms with van der Waals surface area (Å²) in [6.07, 6.45) is 0. The number of likely N-dealkylation sites (N-methyl/N-ethyl adjacent to an activating group) is 1. The topological polar surface area (TPSA) is 81.7 Å². The van der Waals surface area contributed by atoms with Crippen molar-refractivity contribution in [1.29, 1.82) is 0 Å². The van der Waals surface area contributed by atoms with E-state index in [2.05, 4.69) is 10.6 Å². The van der Waals surface area contributed by atoms with Gasteiger partial charge in [0.15, 0.2) is 0 Å². The number of carbonyl (C=O) groups is 2. The zero-order valence-electron chi connectivity index (χ0n) is 11.6. The predicted octanol–water partition coefficient (Wildman–Crippen LogP) is 1.60. The molecule has 1 atom stereocenters. The molecular formula is C13H18FN3O3. The summed E-state index contributed by atoms with van der Waals surface area (Å²) >= 11 is 0. The summed E-state index contributed by atoms with van der Waals surface area (Å²) < 4.78 is 13.6. The first kappa shape index (κ1) is 15.9. The first-order valence-electron chi connectivity index (χ1n) is 6.05. The number of carbonyl (C=O) groups excluding carboxylic acids is 1. The molecule has 0 aliphatic carbocycles. The Hall–Kier alpha value is -2.15. The molecule has 3 N–H and O–H groups in total. The highest BCUT2D eigenvalue weighted by molar-refractivity contribution is 5.91. The van der Waals surface area contributed by atoms with Crippen LogP contribution in [0.1, 0.15) is 17.3 Å². The molecule has 6 nitrogen and oxygen atoms in total. The van der Waals surface area contributed by atoms with Crippen molar-refractivity contribution < 1.29 is 19.1 Å². The van der Waals surface area contributed by atoms with Crippen LogP contribution in [0.15, 0.2) is 18.2 Å². The van der Waals surface area contributed by atoms with Crippen molar-refractivity contribution in [2.24, 2.45) is 0 Å². The molecule has 0 bridgehead atoms. The van der Waals surface area contributed by atoms with Crippen molar-refractivity contribution >= 4 is 17.7 Å². The van der Waals surface area contributed by atoms with E-state index in [4.69, 9.17) is 5.11 Å². The van der Waals surface area contributed by atoms with E-state index in [9.17, 15) is 14.0 Å². The maximum absolute atomic E-state index is 13.6. The van der Waals surface area contributed by atoms with Crippen LogP contribution in [-0.2, 0) is 0 Å². The average Bonchev–Trinajstić information content (AvgIpc) is 2.37. The summed E-state index contributed by atoms with van der Waals surface area (Å²) in [5, 5.41) is 13.6. The van der Waals surface area contributed by atoms with Gasteiger partial charge in [0.05, 0.1) is 11.3 Å². The molecular weight excluding hydrogens is 265 g/mol. The molecule has 0 heterocycles. The van der Waals surface area contributed by atoms with E-state index in [0.29, 0.717) is 6.54 Å². The molecule has 1 rings (SSSR count). The van der Waals surface area contributed by atoms with Gasteiger partial charge in [-0.1, -0.05) is 0 Å². The predicted molar refractivity (Wildman–Crippen MR) is 73.5 cm³/mol. The second-order valence-corrected chi connectivity index (χ2v) is 4.65. The lowest BCUT2D eigenvalue weighted by molar-refractivity contribution is 0.0696. The van der Waals surface area contributed by atoms with Gasteiger partial charge in [0.25, 0.3) is 0 Å². The minimum atomic E-state index is -1.22. The van der Waals surface area contributed by atoms with Gasteiger partial charge in [0.1, 0.15) is 5.82 Å². The van der Waals surface area contributed by atoms with Crippen LogP contribution in [0.4, 0.5) is 14.9 Å².